The molecule has 0 amide bonds. The Morgan fingerprint density at radius 1 is 1.56 bits per heavy atom. The van der Waals surface area contributed by atoms with Gasteiger partial charge in [0.2, 0.25) is 0 Å². The summed E-state index contributed by atoms with van der Waals surface area (Å²) >= 11 is 6.91. The van der Waals surface area contributed by atoms with Crippen LogP contribution in [0, 0.1) is 5.92 Å². The van der Waals surface area contributed by atoms with E-state index < -0.39 is 10.0 Å². The molecule has 16 heavy (non-hydrogen) atoms. The molecule has 0 bridgehead atoms. The second-order valence-electron chi connectivity index (χ2n) is 4.14. The Morgan fingerprint density at radius 3 is 2.75 bits per heavy atom. The first-order chi connectivity index (χ1) is 7.54. The van der Waals surface area contributed by atoms with Crippen LogP contribution in [0.3, 0.4) is 0 Å². The molecule has 0 saturated heterocycles. The molecule has 0 unspecified atom stereocenters. The molecule has 1 aliphatic rings. The smallest absolute Gasteiger partial charge is 0.206 e. The summed E-state index contributed by atoms with van der Waals surface area (Å²) in [6.45, 7) is 0.635. The molecule has 6 heteroatoms. The number of hydrogen-bond donors (Lipinski definition) is 0. The van der Waals surface area contributed by atoms with E-state index in [1.54, 1.807) is 18.5 Å². The molecule has 0 N–H and O–H groups in total. The van der Waals surface area contributed by atoms with Crippen molar-refractivity contribution in [1.29, 1.82) is 0 Å². The average molecular weight is 280 g/mol. The predicted octanol–water partition coefficient (Wildman–Crippen LogP) is 2.52. The normalized spacial score (nSPS) is 16.9. The van der Waals surface area contributed by atoms with Crippen LogP contribution in [0.5, 0.6) is 0 Å². The molecule has 3 nitrogen and oxygen atoms in total. The molecular weight excluding hydrogens is 266 g/mol. The Labute approximate surface area is 105 Å². The van der Waals surface area contributed by atoms with Crippen molar-refractivity contribution in [1.82, 2.24) is 4.31 Å². The molecule has 1 aromatic heterocycles. The fraction of sp³-hybridized carbons (Fsp3) is 0.600. The van der Waals surface area contributed by atoms with E-state index in [-0.39, 0.29) is 0 Å². The van der Waals surface area contributed by atoms with Gasteiger partial charge in [0.25, 0.3) is 10.0 Å². The summed E-state index contributed by atoms with van der Waals surface area (Å²) in [5, 5.41) is 1.80. The van der Waals surface area contributed by atoms with Gasteiger partial charge >= 0.3 is 0 Å². The van der Waals surface area contributed by atoms with E-state index in [0.717, 1.165) is 18.4 Å². The molecule has 90 valence electrons. The zero-order valence-corrected chi connectivity index (χ0v) is 11.4. The third-order valence-electron chi connectivity index (χ3n) is 2.66. The Bertz CT molecular complexity index is 465. The highest BCUT2D eigenvalue weighted by molar-refractivity contribution is 7.91. The van der Waals surface area contributed by atoms with Gasteiger partial charge in [-0.25, -0.2) is 8.42 Å². The van der Waals surface area contributed by atoms with Crippen LogP contribution < -0.4 is 0 Å². The van der Waals surface area contributed by atoms with E-state index in [0.29, 0.717) is 22.6 Å². The van der Waals surface area contributed by atoms with E-state index in [2.05, 4.69) is 0 Å². The van der Waals surface area contributed by atoms with Gasteiger partial charge in [-0.05, 0) is 35.8 Å². The molecule has 0 spiro atoms. The predicted molar refractivity (Wildman–Crippen MR) is 66.4 cm³/mol. The lowest BCUT2D eigenvalue weighted by molar-refractivity contribution is 0.454. The molecule has 1 aromatic rings. The summed E-state index contributed by atoms with van der Waals surface area (Å²) in [7, 11) is -1.64. The van der Waals surface area contributed by atoms with Crippen LogP contribution in [-0.4, -0.2) is 26.3 Å². The summed E-state index contributed by atoms with van der Waals surface area (Å²) in [6.07, 6.45) is 2.30. The minimum absolute atomic E-state index is 0.359. The van der Waals surface area contributed by atoms with E-state index in [1.165, 1.54) is 15.6 Å². The highest BCUT2D eigenvalue weighted by atomic mass is 35.5. The number of nitrogens with zero attached hydrogens (tertiary/aromatic N) is 1. The van der Waals surface area contributed by atoms with Gasteiger partial charge in [-0.15, -0.1) is 22.9 Å². The zero-order chi connectivity index (χ0) is 11.8. The van der Waals surface area contributed by atoms with Crippen LogP contribution in [0.15, 0.2) is 15.7 Å². The first-order valence-corrected chi connectivity index (χ1v) is 7.99. The third kappa shape index (κ3) is 2.59. The van der Waals surface area contributed by atoms with Crippen LogP contribution in [0.4, 0.5) is 0 Å². The highest BCUT2D eigenvalue weighted by Gasteiger charge is 2.29. The fourth-order valence-corrected chi connectivity index (χ4v) is 4.39. The maximum atomic E-state index is 12.1. The summed E-state index contributed by atoms with van der Waals surface area (Å²) in [5.41, 5.74) is 0.866. The molecule has 1 fully saturated rings. The minimum Gasteiger partial charge on any atom is -0.206 e. The molecule has 0 radical (unpaired) electrons. The van der Waals surface area contributed by atoms with Crippen molar-refractivity contribution in [2.75, 3.05) is 13.6 Å². The lowest BCUT2D eigenvalue weighted by Crippen LogP contribution is -2.28. The van der Waals surface area contributed by atoms with Gasteiger partial charge in [-0.1, -0.05) is 0 Å². The summed E-state index contributed by atoms with van der Waals surface area (Å²) in [5.74, 6) is 0.922. The Balaban J connectivity index is 2.16. The second kappa shape index (κ2) is 4.64. The van der Waals surface area contributed by atoms with E-state index >= 15 is 0 Å². The van der Waals surface area contributed by atoms with Crippen LogP contribution in [0.2, 0.25) is 0 Å². The van der Waals surface area contributed by atoms with Crippen molar-refractivity contribution < 1.29 is 8.42 Å². The molecule has 0 aliphatic heterocycles. The number of alkyl halides is 1. The number of thiophene rings is 1. The Morgan fingerprint density at radius 2 is 2.25 bits per heavy atom. The molecule has 1 aliphatic carbocycles. The van der Waals surface area contributed by atoms with Gasteiger partial charge in [0, 0.05) is 19.5 Å². The fourth-order valence-electron chi connectivity index (χ4n) is 1.47. The zero-order valence-electron chi connectivity index (χ0n) is 9.02. The van der Waals surface area contributed by atoms with Crippen molar-refractivity contribution in [3.8, 4) is 0 Å². The van der Waals surface area contributed by atoms with Crippen molar-refractivity contribution in [3.63, 3.8) is 0 Å². The maximum absolute atomic E-state index is 12.1. The standard InChI is InChI=1S/C10H14ClNO2S2/c1-12(6-8-2-3-8)16(13,14)10-4-9(5-11)7-15-10/h4,7-8H,2-3,5-6H2,1H3. The summed E-state index contributed by atoms with van der Waals surface area (Å²) < 4.78 is 26.1. The SMILES string of the molecule is CN(CC1CC1)S(=O)(=O)c1cc(CCl)cs1. The quantitative estimate of drug-likeness (QED) is 0.777. The number of rotatable bonds is 5. The van der Waals surface area contributed by atoms with Crippen molar-refractivity contribution >= 4 is 33.0 Å². The van der Waals surface area contributed by atoms with E-state index in [1.807, 2.05) is 0 Å². The summed E-state index contributed by atoms with van der Waals surface area (Å²) in [6, 6.07) is 1.66. The first-order valence-electron chi connectivity index (χ1n) is 5.13. The van der Waals surface area contributed by atoms with Crippen LogP contribution in [-0.2, 0) is 15.9 Å². The number of hydrogen-bond acceptors (Lipinski definition) is 3. The van der Waals surface area contributed by atoms with Crippen LogP contribution in [0.1, 0.15) is 18.4 Å². The minimum atomic E-state index is -3.29. The van der Waals surface area contributed by atoms with Gasteiger partial charge in [0.05, 0.1) is 0 Å². The van der Waals surface area contributed by atoms with Crippen LogP contribution >= 0.6 is 22.9 Å². The number of halogens is 1. The van der Waals surface area contributed by atoms with Crippen molar-refractivity contribution in [3.05, 3.63) is 17.0 Å². The average Bonchev–Trinajstić information content (AvgIpc) is 2.93. The monoisotopic (exact) mass is 279 g/mol. The largest absolute Gasteiger partial charge is 0.252 e. The van der Waals surface area contributed by atoms with Crippen molar-refractivity contribution in [2.45, 2.75) is 22.9 Å². The lowest BCUT2D eigenvalue weighted by Gasteiger charge is -2.15. The molecule has 1 heterocycles. The summed E-state index contributed by atoms with van der Waals surface area (Å²) in [4.78, 5) is 0. The highest BCUT2D eigenvalue weighted by Crippen LogP contribution is 2.32. The first kappa shape index (κ1) is 12.4. The molecule has 1 saturated carbocycles. The Hall–Kier alpha value is -0.100. The molecule has 2 rings (SSSR count). The topological polar surface area (TPSA) is 37.4 Å². The van der Waals surface area contributed by atoms with E-state index in [9.17, 15) is 8.42 Å². The van der Waals surface area contributed by atoms with E-state index in [4.69, 9.17) is 11.6 Å². The number of sulfonamides is 1. The Kier molecular flexibility index (Phi) is 3.59. The third-order valence-corrected chi connectivity index (χ3v) is 6.26. The van der Waals surface area contributed by atoms with Crippen LogP contribution in [0.25, 0.3) is 0 Å². The maximum Gasteiger partial charge on any atom is 0.252 e. The molecule has 0 aromatic carbocycles. The second-order valence-corrected chi connectivity index (χ2v) is 7.59. The van der Waals surface area contributed by atoms with Gasteiger partial charge in [-0.2, -0.15) is 4.31 Å². The van der Waals surface area contributed by atoms with Gasteiger partial charge in [-0.3, -0.25) is 0 Å². The van der Waals surface area contributed by atoms with Crippen molar-refractivity contribution in [2.24, 2.45) is 5.92 Å². The van der Waals surface area contributed by atoms with Gasteiger partial charge in [0.15, 0.2) is 0 Å². The van der Waals surface area contributed by atoms with Gasteiger partial charge < -0.3 is 0 Å². The molecular formula is C10H14ClNO2S2. The lowest BCUT2D eigenvalue weighted by atomic mass is 10.4. The van der Waals surface area contributed by atoms with Gasteiger partial charge in [0.1, 0.15) is 4.21 Å². The molecule has 0 atom stereocenters.